The van der Waals surface area contributed by atoms with Gasteiger partial charge in [0.25, 0.3) is 5.56 Å². The fourth-order valence-electron chi connectivity index (χ4n) is 5.14. The number of thiazole rings is 1. The van der Waals surface area contributed by atoms with Gasteiger partial charge in [-0.2, -0.15) is 0 Å². The van der Waals surface area contributed by atoms with Crippen LogP contribution in [0.25, 0.3) is 11.8 Å². The highest BCUT2D eigenvalue weighted by atomic mass is 127. The average molecular weight is 842 g/mol. The molecule has 0 spiro atoms. The van der Waals surface area contributed by atoms with Gasteiger partial charge in [-0.05, 0) is 81.9 Å². The summed E-state index contributed by atoms with van der Waals surface area (Å²) in [7, 11) is 0. The van der Waals surface area contributed by atoms with Crippen molar-refractivity contribution in [2.45, 2.75) is 19.6 Å². The maximum Gasteiger partial charge on any atom is 0.338 e. The zero-order valence-electron chi connectivity index (χ0n) is 23.9. The number of benzene rings is 4. The second-order valence-corrected chi connectivity index (χ2v) is 13.4. The van der Waals surface area contributed by atoms with Gasteiger partial charge in [0.1, 0.15) is 18.2 Å². The van der Waals surface area contributed by atoms with Crippen LogP contribution in [0.3, 0.4) is 0 Å². The van der Waals surface area contributed by atoms with Gasteiger partial charge in [-0.3, -0.25) is 9.36 Å². The fraction of sp³-hybridized carbons (Fsp3) is 0.114. The quantitative estimate of drug-likeness (QED) is 0.127. The molecule has 0 bridgehead atoms. The van der Waals surface area contributed by atoms with Crippen LogP contribution in [0.15, 0.2) is 112 Å². The molecule has 0 N–H and O–H groups in total. The van der Waals surface area contributed by atoms with Gasteiger partial charge in [0, 0.05) is 20.3 Å². The first kappa shape index (κ1) is 31.4. The number of nitrogens with zero attached hydrogens (tertiary/aromatic N) is 2. The third-order valence-corrected chi connectivity index (χ3v) is 9.55. The average Bonchev–Trinajstić information content (AvgIpc) is 3.35. The standard InChI is InChI=1S/C35H25FI2N2O4S/c1-2-43-34(42)29-30(21-11-5-3-6-12-21)39-35-40(31(29)22-13-7-4-8-14-22)33(41)28(45-35)18-24-17-25(37)19-27(38)32(24)44-20-23-15-9-10-16-26(23)36/h3-19,31H,2,20H2,1H3/b28-18-/t31-/m1/s1. The number of hydrogen-bond donors (Lipinski definition) is 0. The predicted octanol–water partition coefficient (Wildman–Crippen LogP) is 6.86. The van der Waals surface area contributed by atoms with Crippen LogP contribution >= 0.6 is 56.5 Å². The molecular weight excluding hydrogens is 817 g/mol. The number of esters is 1. The summed E-state index contributed by atoms with van der Waals surface area (Å²) in [5.74, 6) is -0.332. The lowest BCUT2D eigenvalue weighted by Gasteiger charge is -2.25. The molecule has 1 atom stereocenters. The molecule has 4 aromatic carbocycles. The summed E-state index contributed by atoms with van der Waals surface area (Å²) in [4.78, 5) is 33.3. The number of halogens is 3. The van der Waals surface area contributed by atoms with E-state index >= 15 is 0 Å². The Morgan fingerprint density at radius 3 is 2.40 bits per heavy atom. The van der Waals surface area contributed by atoms with Crippen molar-refractivity contribution in [2.75, 3.05) is 6.61 Å². The molecule has 2 heterocycles. The maximum absolute atomic E-state index is 14.4. The first-order valence-electron chi connectivity index (χ1n) is 14.0. The zero-order valence-corrected chi connectivity index (χ0v) is 29.0. The molecule has 0 aliphatic carbocycles. The van der Waals surface area contributed by atoms with Gasteiger partial charge in [0.05, 0.1) is 32.0 Å². The Balaban J connectivity index is 1.56. The maximum atomic E-state index is 14.4. The van der Waals surface area contributed by atoms with E-state index in [0.29, 0.717) is 37.5 Å². The van der Waals surface area contributed by atoms with E-state index in [9.17, 15) is 14.0 Å². The highest BCUT2D eigenvalue weighted by molar-refractivity contribution is 14.1. The van der Waals surface area contributed by atoms with Crippen LogP contribution < -0.4 is 19.6 Å². The third kappa shape index (κ3) is 6.54. The highest BCUT2D eigenvalue weighted by Crippen LogP contribution is 2.35. The Hall–Kier alpha value is -3.62. The Bertz CT molecular complexity index is 2110. The topological polar surface area (TPSA) is 69.9 Å². The molecule has 0 saturated heterocycles. The van der Waals surface area contributed by atoms with E-state index in [-0.39, 0.29) is 24.6 Å². The number of fused-ring (bicyclic) bond motifs is 1. The summed E-state index contributed by atoms with van der Waals surface area (Å²) < 4.78 is 29.8. The SMILES string of the molecule is CCOC(=O)C1=C(c2ccccc2)N=c2s/c(=C\c3cc(I)cc(I)c3OCc3ccccc3F)c(=O)n2[C@@H]1c1ccccc1. The molecule has 0 fully saturated rings. The van der Waals surface area contributed by atoms with Crippen molar-refractivity contribution in [1.29, 1.82) is 0 Å². The minimum absolute atomic E-state index is 0.0305. The Kier molecular flexibility index (Phi) is 9.61. The molecule has 1 aromatic heterocycles. The van der Waals surface area contributed by atoms with E-state index in [0.717, 1.165) is 18.3 Å². The van der Waals surface area contributed by atoms with E-state index in [2.05, 4.69) is 45.2 Å². The van der Waals surface area contributed by atoms with Crippen molar-refractivity contribution in [3.8, 4) is 5.75 Å². The van der Waals surface area contributed by atoms with Gasteiger partial charge in [-0.1, -0.05) is 90.2 Å². The Labute approximate surface area is 289 Å². The molecule has 0 radical (unpaired) electrons. The first-order chi connectivity index (χ1) is 21.9. The number of aromatic nitrogens is 1. The van der Waals surface area contributed by atoms with Crippen LogP contribution in [0.2, 0.25) is 0 Å². The predicted molar refractivity (Wildman–Crippen MR) is 190 cm³/mol. The molecule has 5 aromatic rings. The summed E-state index contributed by atoms with van der Waals surface area (Å²) >= 11 is 5.65. The number of carbonyl (C=O) groups excluding carboxylic acids is 1. The van der Waals surface area contributed by atoms with E-state index in [1.807, 2.05) is 72.8 Å². The van der Waals surface area contributed by atoms with Crippen molar-refractivity contribution in [3.05, 3.63) is 158 Å². The Morgan fingerprint density at radius 2 is 1.69 bits per heavy atom. The van der Waals surface area contributed by atoms with Crippen molar-refractivity contribution in [3.63, 3.8) is 0 Å². The van der Waals surface area contributed by atoms with E-state index < -0.39 is 12.0 Å². The summed E-state index contributed by atoms with van der Waals surface area (Å²) in [5.41, 5.74) is 3.08. The van der Waals surface area contributed by atoms with Crippen LogP contribution in [0.4, 0.5) is 4.39 Å². The van der Waals surface area contributed by atoms with Gasteiger partial charge < -0.3 is 9.47 Å². The number of hydrogen-bond acceptors (Lipinski definition) is 6. The zero-order chi connectivity index (χ0) is 31.5. The van der Waals surface area contributed by atoms with Crippen LogP contribution in [-0.2, 0) is 16.1 Å². The van der Waals surface area contributed by atoms with Gasteiger partial charge in [-0.25, -0.2) is 14.2 Å². The van der Waals surface area contributed by atoms with E-state index in [1.54, 1.807) is 35.8 Å². The summed E-state index contributed by atoms with van der Waals surface area (Å²) in [6, 6.07) is 28.5. The molecular formula is C35H25FI2N2O4S. The second-order valence-electron chi connectivity index (χ2n) is 10.0. The highest BCUT2D eigenvalue weighted by Gasteiger charge is 2.35. The molecule has 0 amide bonds. The van der Waals surface area contributed by atoms with Gasteiger partial charge in [0.15, 0.2) is 4.80 Å². The molecule has 0 unspecified atom stereocenters. The van der Waals surface area contributed by atoms with Crippen LogP contribution in [-0.4, -0.2) is 17.1 Å². The molecule has 1 aliphatic heterocycles. The van der Waals surface area contributed by atoms with Crippen molar-refractivity contribution in [2.24, 2.45) is 4.99 Å². The van der Waals surface area contributed by atoms with E-state index in [4.69, 9.17) is 14.5 Å². The molecule has 6 rings (SSSR count). The normalized spacial score (nSPS) is 14.6. The lowest BCUT2D eigenvalue weighted by Crippen LogP contribution is -2.40. The minimum atomic E-state index is -0.758. The van der Waals surface area contributed by atoms with Crippen LogP contribution in [0, 0.1) is 13.0 Å². The van der Waals surface area contributed by atoms with Crippen LogP contribution in [0.1, 0.15) is 35.2 Å². The first-order valence-corrected chi connectivity index (χ1v) is 17.0. The van der Waals surface area contributed by atoms with Gasteiger partial charge >= 0.3 is 5.97 Å². The third-order valence-electron chi connectivity index (χ3n) is 7.14. The largest absolute Gasteiger partial charge is 0.487 e. The molecule has 6 nitrogen and oxygen atoms in total. The van der Waals surface area contributed by atoms with E-state index in [1.165, 1.54) is 17.4 Å². The smallest absolute Gasteiger partial charge is 0.338 e. The number of rotatable bonds is 8. The molecule has 10 heteroatoms. The van der Waals surface area contributed by atoms with Crippen molar-refractivity contribution >= 4 is 74.3 Å². The molecule has 45 heavy (non-hydrogen) atoms. The number of carbonyl (C=O) groups is 1. The summed E-state index contributed by atoms with van der Waals surface area (Å²) in [6.07, 6.45) is 1.78. The number of ether oxygens (including phenoxy) is 2. The lowest BCUT2D eigenvalue weighted by molar-refractivity contribution is -0.138. The monoisotopic (exact) mass is 842 g/mol. The Morgan fingerprint density at radius 1 is 1.00 bits per heavy atom. The molecule has 1 aliphatic rings. The van der Waals surface area contributed by atoms with Gasteiger partial charge in [-0.15, -0.1) is 0 Å². The minimum Gasteiger partial charge on any atom is -0.487 e. The van der Waals surface area contributed by atoms with Crippen molar-refractivity contribution < 1.29 is 18.7 Å². The molecule has 226 valence electrons. The van der Waals surface area contributed by atoms with Crippen molar-refractivity contribution in [1.82, 2.24) is 4.57 Å². The summed E-state index contributed by atoms with van der Waals surface area (Å²) in [5, 5.41) is 0. The lowest BCUT2D eigenvalue weighted by atomic mass is 9.93. The molecule has 0 saturated carbocycles. The second kappa shape index (κ2) is 13.8. The summed E-state index contributed by atoms with van der Waals surface area (Å²) in [6.45, 7) is 1.96. The fourth-order valence-corrected chi connectivity index (χ4v) is 8.17. The van der Waals surface area contributed by atoms with Gasteiger partial charge in [0.2, 0.25) is 0 Å². The van der Waals surface area contributed by atoms with Crippen LogP contribution in [0.5, 0.6) is 5.75 Å².